The van der Waals surface area contributed by atoms with Gasteiger partial charge >= 0.3 is 0 Å². The van der Waals surface area contributed by atoms with Gasteiger partial charge in [-0.05, 0) is 41.3 Å². The van der Waals surface area contributed by atoms with Crippen LogP contribution in [0.2, 0.25) is 0 Å². The predicted molar refractivity (Wildman–Crippen MR) is 99.8 cm³/mol. The molecule has 0 amide bonds. The molecule has 0 saturated heterocycles. The Morgan fingerprint density at radius 2 is 1.36 bits per heavy atom. The second-order valence-electron chi connectivity index (χ2n) is 7.06. The van der Waals surface area contributed by atoms with E-state index in [0.29, 0.717) is 31.3 Å². The van der Waals surface area contributed by atoms with Crippen molar-refractivity contribution >= 4 is 0 Å². The molecule has 0 aromatic heterocycles. The third-order valence-corrected chi connectivity index (χ3v) is 3.87. The first-order chi connectivity index (χ1) is 12.0. The number of hydrogen-bond acceptors (Lipinski definition) is 3. The number of rotatable bonds is 11. The van der Waals surface area contributed by atoms with Crippen LogP contribution < -0.4 is 0 Å². The van der Waals surface area contributed by atoms with Crippen molar-refractivity contribution in [2.24, 2.45) is 22.1 Å². The molecule has 0 heterocycles. The van der Waals surface area contributed by atoms with Gasteiger partial charge in [-0.1, -0.05) is 68.3 Å². The van der Waals surface area contributed by atoms with E-state index < -0.39 is 6.10 Å². The van der Waals surface area contributed by atoms with Crippen LogP contribution in [0, 0.1) is 11.8 Å². The van der Waals surface area contributed by atoms with Gasteiger partial charge in [0.05, 0.1) is 24.8 Å². The molecule has 0 saturated carbocycles. The Morgan fingerprint density at radius 1 is 0.880 bits per heavy atom. The zero-order valence-electron chi connectivity index (χ0n) is 15.5. The van der Waals surface area contributed by atoms with Gasteiger partial charge in [0.15, 0.2) is 0 Å². The quantitative estimate of drug-likeness (QED) is 0.273. The van der Waals surface area contributed by atoms with E-state index in [2.05, 4.69) is 47.7 Å². The highest BCUT2D eigenvalue weighted by Gasteiger charge is 2.30. The largest absolute Gasteiger partial charge is 0.373 e. The summed E-state index contributed by atoms with van der Waals surface area (Å²) in [6.07, 6.45) is 0.912. The average molecular weight is 344 g/mol. The van der Waals surface area contributed by atoms with Crippen LogP contribution in [0.3, 0.4) is 0 Å². The van der Waals surface area contributed by atoms with E-state index in [1.54, 1.807) is 0 Å². The van der Waals surface area contributed by atoms with Crippen molar-refractivity contribution in [1.29, 1.82) is 0 Å². The van der Waals surface area contributed by atoms with Crippen LogP contribution in [0.4, 0.5) is 0 Å². The molecular formula is C18H28N6O. The highest BCUT2D eigenvalue weighted by Crippen LogP contribution is 2.25. The molecule has 0 aliphatic heterocycles. The Morgan fingerprint density at radius 3 is 1.76 bits per heavy atom. The molecule has 136 valence electrons. The minimum absolute atomic E-state index is 0.337. The third-order valence-electron chi connectivity index (χ3n) is 3.87. The van der Waals surface area contributed by atoms with Gasteiger partial charge in [0.1, 0.15) is 0 Å². The molecule has 0 spiro atoms. The second kappa shape index (κ2) is 11.4. The molecule has 2 atom stereocenters. The molecule has 0 aliphatic carbocycles. The van der Waals surface area contributed by atoms with E-state index in [1.807, 2.05) is 30.3 Å². The van der Waals surface area contributed by atoms with Gasteiger partial charge in [-0.25, -0.2) is 0 Å². The Hall–Kier alpha value is -2.20. The van der Waals surface area contributed by atoms with Crippen molar-refractivity contribution in [2.75, 3.05) is 0 Å². The van der Waals surface area contributed by atoms with Crippen molar-refractivity contribution in [3.63, 3.8) is 0 Å². The van der Waals surface area contributed by atoms with Crippen LogP contribution in [-0.2, 0) is 11.3 Å². The second-order valence-corrected chi connectivity index (χ2v) is 7.06. The molecule has 1 aromatic carbocycles. The van der Waals surface area contributed by atoms with Crippen molar-refractivity contribution in [2.45, 2.75) is 65.3 Å². The van der Waals surface area contributed by atoms with E-state index in [0.717, 1.165) is 5.56 Å². The number of benzene rings is 1. The van der Waals surface area contributed by atoms with Gasteiger partial charge in [0, 0.05) is 9.82 Å². The highest BCUT2D eigenvalue weighted by molar-refractivity contribution is 5.13. The SMILES string of the molecule is CC(C)C[C@@H](N=[N+]=[N-])C(OCc1ccccc1)[C@@H](CC(C)C)N=[N+]=[N-]. The van der Waals surface area contributed by atoms with Crippen LogP contribution in [0.5, 0.6) is 0 Å². The normalized spacial score (nSPS) is 14.5. The van der Waals surface area contributed by atoms with E-state index in [4.69, 9.17) is 15.8 Å². The first-order valence-corrected chi connectivity index (χ1v) is 8.71. The molecule has 0 fully saturated rings. The molecule has 7 nitrogen and oxygen atoms in total. The van der Waals surface area contributed by atoms with Gasteiger partial charge < -0.3 is 4.74 Å². The Balaban J connectivity index is 3.07. The maximum atomic E-state index is 8.98. The molecule has 0 unspecified atom stereocenters. The molecule has 1 aromatic rings. The van der Waals surface area contributed by atoms with Crippen molar-refractivity contribution in [3.8, 4) is 0 Å². The maximum absolute atomic E-state index is 8.98. The van der Waals surface area contributed by atoms with E-state index in [9.17, 15) is 0 Å². The van der Waals surface area contributed by atoms with E-state index >= 15 is 0 Å². The lowest BCUT2D eigenvalue weighted by Crippen LogP contribution is -2.39. The molecule has 0 bridgehead atoms. The summed E-state index contributed by atoms with van der Waals surface area (Å²) in [5.74, 6) is 0.674. The fourth-order valence-corrected chi connectivity index (χ4v) is 2.84. The summed E-state index contributed by atoms with van der Waals surface area (Å²) in [4.78, 5) is 5.99. The standard InChI is InChI=1S/C18H28N6O/c1-13(2)10-16(21-23-19)18(17(22-24-20)11-14(3)4)25-12-15-8-6-5-7-9-15/h5-9,13-14,16-18H,10-12H2,1-4H3/t16-,17-/m1/s1. The minimum atomic E-state index is -0.447. The summed E-state index contributed by atoms with van der Waals surface area (Å²) >= 11 is 0. The molecule has 0 radical (unpaired) electrons. The lowest BCUT2D eigenvalue weighted by Gasteiger charge is -2.31. The molecule has 7 heteroatoms. The first-order valence-electron chi connectivity index (χ1n) is 8.71. The summed E-state index contributed by atoms with van der Waals surface area (Å²) in [6, 6.07) is 9.06. The molecule has 0 aliphatic rings. The fourth-order valence-electron chi connectivity index (χ4n) is 2.84. The van der Waals surface area contributed by atoms with Crippen LogP contribution >= 0.6 is 0 Å². The minimum Gasteiger partial charge on any atom is -0.373 e. The van der Waals surface area contributed by atoms with E-state index in [-0.39, 0.29) is 12.1 Å². The van der Waals surface area contributed by atoms with Crippen LogP contribution in [-0.4, -0.2) is 18.2 Å². The van der Waals surface area contributed by atoms with Crippen molar-refractivity contribution in [1.82, 2.24) is 0 Å². The zero-order chi connectivity index (χ0) is 18.7. The van der Waals surface area contributed by atoms with Crippen molar-refractivity contribution in [3.05, 3.63) is 56.8 Å². The Bertz CT molecular complexity index is 559. The number of ether oxygens (including phenoxy) is 1. The number of nitrogens with zero attached hydrogens (tertiary/aromatic N) is 6. The maximum Gasteiger partial charge on any atom is 0.0749 e. The fraction of sp³-hybridized carbons (Fsp3) is 0.667. The predicted octanol–water partition coefficient (Wildman–Crippen LogP) is 6.02. The lowest BCUT2D eigenvalue weighted by molar-refractivity contribution is -0.000950. The van der Waals surface area contributed by atoms with Gasteiger partial charge in [-0.2, -0.15) is 0 Å². The van der Waals surface area contributed by atoms with Crippen LogP contribution in [0.1, 0.15) is 46.1 Å². The number of hydrogen-bond donors (Lipinski definition) is 0. The Labute approximate surface area is 149 Å². The number of azide groups is 2. The van der Waals surface area contributed by atoms with Gasteiger partial charge in [-0.3, -0.25) is 0 Å². The van der Waals surface area contributed by atoms with E-state index in [1.165, 1.54) is 0 Å². The first kappa shape index (κ1) is 20.8. The Kier molecular flexibility index (Phi) is 9.48. The molecule has 0 N–H and O–H groups in total. The average Bonchev–Trinajstić information content (AvgIpc) is 2.55. The van der Waals surface area contributed by atoms with Crippen molar-refractivity contribution < 1.29 is 4.74 Å². The van der Waals surface area contributed by atoms with Gasteiger partial charge in [0.25, 0.3) is 0 Å². The molecule has 25 heavy (non-hydrogen) atoms. The van der Waals surface area contributed by atoms with Gasteiger partial charge in [-0.15, -0.1) is 0 Å². The summed E-state index contributed by atoms with van der Waals surface area (Å²) < 4.78 is 6.13. The smallest absolute Gasteiger partial charge is 0.0749 e. The summed E-state index contributed by atoms with van der Waals surface area (Å²) in [6.45, 7) is 8.66. The van der Waals surface area contributed by atoms with Gasteiger partial charge in [0.2, 0.25) is 0 Å². The topological polar surface area (TPSA) is 107 Å². The third kappa shape index (κ3) is 7.94. The molecule has 1 rings (SSSR count). The lowest BCUT2D eigenvalue weighted by atomic mass is 9.91. The summed E-state index contributed by atoms with van der Waals surface area (Å²) in [7, 11) is 0. The highest BCUT2D eigenvalue weighted by atomic mass is 16.5. The molecular weight excluding hydrogens is 316 g/mol. The summed E-state index contributed by atoms with van der Waals surface area (Å²) in [5, 5.41) is 7.92. The van der Waals surface area contributed by atoms with Crippen LogP contribution in [0.25, 0.3) is 20.9 Å². The summed E-state index contributed by atoms with van der Waals surface area (Å²) in [5.41, 5.74) is 19.0. The monoisotopic (exact) mass is 344 g/mol. The van der Waals surface area contributed by atoms with Crippen LogP contribution in [0.15, 0.2) is 40.6 Å². The zero-order valence-corrected chi connectivity index (χ0v) is 15.5.